The summed E-state index contributed by atoms with van der Waals surface area (Å²) in [7, 11) is 0. The number of carbonyl (C=O) groups is 1. The first kappa shape index (κ1) is 15.3. The van der Waals surface area contributed by atoms with Gasteiger partial charge in [0.15, 0.2) is 0 Å². The standard InChI is InChI=1S/C15H12ClN3OS2/c16-11-4-2-6-18-15(11)21-8-13(20)19-14-10(7-17)9-3-1-5-12(9)22-14/h2,4,6H,1,3,5,8H2,(H,19,20). The van der Waals surface area contributed by atoms with Gasteiger partial charge in [-0.1, -0.05) is 23.4 Å². The number of thioether (sulfide) groups is 1. The van der Waals surface area contributed by atoms with Gasteiger partial charge >= 0.3 is 0 Å². The van der Waals surface area contributed by atoms with E-state index >= 15 is 0 Å². The number of hydrogen-bond donors (Lipinski definition) is 1. The van der Waals surface area contributed by atoms with Crippen LogP contribution in [0.4, 0.5) is 5.00 Å². The number of fused-ring (bicyclic) bond motifs is 1. The molecule has 0 aliphatic heterocycles. The molecule has 0 spiro atoms. The molecule has 0 radical (unpaired) electrons. The van der Waals surface area contributed by atoms with Crippen molar-refractivity contribution < 1.29 is 4.79 Å². The van der Waals surface area contributed by atoms with Gasteiger partial charge in [0, 0.05) is 11.1 Å². The van der Waals surface area contributed by atoms with Crippen molar-refractivity contribution in [3.63, 3.8) is 0 Å². The molecule has 22 heavy (non-hydrogen) atoms. The Morgan fingerprint density at radius 3 is 3.18 bits per heavy atom. The highest BCUT2D eigenvalue weighted by atomic mass is 35.5. The van der Waals surface area contributed by atoms with Crippen LogP contribution in [0.3, 0.4) is 0 Å². The van der Waals surface area contributed by atoms with Crippen molar-refractivity contribution in [2.24, 2.45) is 0 Å². The average Bonchev–Trinajstić information content (AvgIpc) is 3.06. The smallest absolute Gasteiger partial charge is 0.235 e. The lowest BCUT2D eigenvalue weighted by Gasteiger charge is -2.04. The zero-order valence-corrected chi connectivity index (χ0v) is 13.9. The van der Waals surface area contributed by atoms with E-state index in [2.05, 4.69) is 16.4 Å². The molecule has 1 aliphatic rings. The van der Waals surface area contributed by atoms with Crippen LogP contribution < -0.4 is 5.32 Å². The number of nitrogens with zero attached hydrogens (tertiary/aromatic N) is 2. The van der Waals surface area contributed by atoms with Gasteiger partial charge in [-0.25, -0.2) is 4.98 Å². The van der Waals surface area contributed by atoms with Crippen molar-refractivity contribution in [1.29, 1.82) is 5.26 Å². The molecule has 2 aromatic rings. The Morgan fingerprint density at radius 1 is 1.55 bits per heavy atom. The van der Waals surface area contributed by atoms with Gasteiger partial charge in [0.25, 0.3) is 0 Å². The largest absolute Gasteiger partial charge is 0.316 e. The molecule has 0 fully saturated rings. The summed E-state index contributed by atoms with van der Waals surface area (Å²) in [5.41, 5.74) is 1.75. The number of anilines is 1. The summed E-state index contributed by atoms with van der Waals surface area (Å²) >= 11 is 8.82. The molecule has 2 heterocycles. The fraction of sp³-hybridized carbons (Fsp3) is 0.267. The Bertz CT molecular complexity index is 767. The lowest BCUT2D eigenvalue weighted by atomic mass is 10.1. The second-order valence-electron chi connectivity index (χ2n) is 4.80. The molecular weight excluding hydrogens is 338 g/mol. The maximum Gasteiger partial charge on any atom is 0.235 e. The molecule has 0 saturated heterocycles. The van der Waals surface area contributed by atoms with E-state index in [1.807, 2.05) is 0 Å². The minimum atomic E-state index is -0.150. The fourth-order valence-corrected chi connectivity index (χ4v) is 4.61. The van der Waals surface area contributed by atoms with Gasteiger partial charge in [-0.15, -0.1) is 11.3 Å². The highest BCUT2D eigenvalue weighted by Gasteiger charge is 2.23. The highest BCUT2D eigenvalue weighted by Crippen LogP contribution is 2.38. The number of carbonyl (C=O) groups excluding carboxylic acids is 1. The number of nitrogens with one attached hydrogen (secondary N) is 1. The maximum absolute atomic E-state index is 12.1. The molecule has 0 aromatic carbocycles. The van der Waals surface area contributed by atoms with Gasteiger partial charge in [0.1, 0.15) is 16.1 Å². The zero-order valence-electron chi connectivity index (χ0n) is 11.6. The van der Waals surface area contributed by atoms with E-state index in [9.17, 15) is 10.1 Å². The first-order chi connectivity index (χ1) is 10.7. The van der Waals surface area contributed by atoms with Gasteiger partial charge in [0.2, 0.25) is 5.91 Å². The van der Waals surface area contributed by atoms with Gasteiger partial charge in [-0.2, -0.15) is 5.26 Å². The Kier molecular flexibility index (Phi) is 4.67. The monoisotopic (exact) mass is 349 g/mol. The number of halogens is 1. The second kappa shape index (κ2) is 6.69. The molecule has 1 aliphatic carbocycles. The molecule has 4 nitrogen and oxygen atoms in total. The number of thiophene rings is 1. The molecule has 1 N–H and O–H groups in total. The summed E-state index contributed by atoms with van der Waals surface area (Å²) in [6, 6.07) is 5.71. The van der Waals surface area contributed by atoms with Crippen molar-refractivity contribution in [3.8, 4) is 6.07 Å². The van der Waals surface area contributed by atoms with E-state index < -0.39 is 0 Å². The van der Waals surface area contributed by atoms with E-state index in [4.69, 9.17) is 11.6 Å². The second-order valence-corrected chi connectivity index (χ2v) is 7.28. The van der Waals surface area contributed by atoms with Crippen molar-refractivity contribution in [2.45, 2.75) is 24.3 Å². The van der Waals surface area contributed by atoms with E-state index in [0.717, 1.165) is 24.8 Å². The molecule has 0 unspecified atom stereocenters. The van der Waals surface area contributed by atoms with Crippen LogP contribution in [-0.2, 0) is 17.6 Å². The van der Waals surface area contributed by atoms with Crippen LogP contribution in [0.5, 0.6) is 0 Å². The number of hydrogen-bond acceptors (Lipinski definition) is 5. The van der Waals surface area contributed by atoms with E-state index in [1.165, 1.54) is 28.0 Å². The normalized spacial score (nSPS) is 12.7. The summed E-state index contributed by atoms with van der Waals surface area (Å²) in [5.74, 6) is 0.0626. The summed E-state index contributed by atoms with van der Waals surface area (Å²) in [5, 5.41) is 14.0. The molecule has 7 heteroatoms. The Morgan fingerprint density at radius 2 is 2.41 bits per heavy atom. The molecule has 0 atom stereocenters. The van der Waals surface area contributed by atoms with Crippen molar-refractivity contribution in [3.05, 3.63) is 39.4 Å². The molecule has 112 valence electrons. The number of aryl methyl sites for hydroxylation is 1. The van der Waals surface area contributed by atoms with Crippen molar-refractivity contribution in [2.75, 3.05) is 11.1 Å². The summed E-state index contributed by atoms with van der Waals surface area (Å²) in [4.78, 5) is 17.4. The fourth-order valence-electron chi connectivity index (χ4n) is 2.38. The Labute approximate surface area is 141 Å². The number of pyridine rings is 1. The zero-order chi connectivity index (χ0) is 15.5. The van der Waals surface area contributed by atoms with Crippen LogP contribution in [-0.4, -0.2) is 16.6 Å². The van der Waals surface area contributed by atoms with Gasteiger partial charge in [-0.05, 0) is 37.0 Å². The third kappa shape index (κ3) is 3.12. The number of aromatic nitrogens is 1. The van der Waals surface area contributed by atoms with E-state index in [1.54, 1.807) is 18.3 Å². The number of amides is 1. The highest BCUT2D eigenvalue weighted by molar-refractivity contribution is 8.00. The van der Waals surface area contributed by atoms with Gasteiger partial charge < -0.3 is 5.32 Å². The lowest BCUT2D eigenvalue weighted by molar-refractivity contribution is -0.113. The SMILES string of the molecule is N#Cc1c(NC(=O)CSc2ncccc2Cl)sc2c1CCC2. The predicted molar refractivity (Wildman–Crippen MR) is 89.7 cm³/mol. The Hall–Kier alpha value is -1.55. The first-order valence-electron chi connectivity index (χ1n) is 6.77. The van der Waals surface area contributed by atoms with Gasteiger partial charge in [-0.3, -0.25) is 4.79 Å². The quantitative estimate of drug-likeness (QED) is 0.850. The van der Waals surface area contributed by atoms with Crippen LogP contribution in [0.25, 0.3) is 0 Å². The third-order valence-corrected chi connectivity index (χ3v) is 5.98. The lowest BCUT2D eigenvalue weighted by Crippen LogP contribution is -2.14. The minimum absolute atomic E-state index is 0.150. The molecule has 1 amide bonds. The van der Waals surface area contributed by atoms with Crippen LogP contribution in [0, 0.1) is 11.3 Å². The maximum atomic E-state index is 12.1. The van der Waals surface area contributed by atoms with Crippen LogP contribution in [0.2, 0.25) is 5.02 Å². The average molecular weight is 350 g/mol. The topological polar surface area (TPSA) is 65.8 Å². The van der Waals surface area contributed by atoms with Crippen LogP contribution >= 0.6 is 34.7 Å². The molecular formula is C15H12ClN3OS2. The van der Waals surface area contributed by atoms with E-state index in [-0.39, 0.29) is 11.7 Å². The molecule has 0 bridgehead atoms. The van der Waals surface area contributed by atoms with Gasteiger partial charge in [0.05, 0.1) is 16.3 Å². The molecule has 0 saturated carbocycles. The minimum Gasteiger partial charge on any atom is -0.316 e. The van der Waals surface area contributed by atoms with Crippen molar-refractivity contribution in [1.82, 2.24) is 4.98 Å². The predicted octanol–water partition coefficient (Wildman–Crippen LogP) is 3.89. The summed E-state index contributed by atoms with van der Waals surface area (Å²) in [6.07, 6.45) is 4.67. The number of nitriles is 1. The Balaban J connectivity index is 1.66. The van der Waals surface area contributed by atoms with Crippen LogP contribution in [0.1, 0.15) is 22.4 Å². The first-order valence-corrected chi connectivity index (χ1v) is 8.95. The van der Waals surface area contributed by atoms with Crippen molar-refractivity contribution >= 4 is 45.6 Å². The third-order valence-electron chi connectivity index (χ3n) is 3.35. The molecule has 3 rings (SSSR count). The summed E-state index contributed by atoms with van der Waals surface area (Å²) in [6.45, 7) is 0. The molecule has 2 aromatic heterocycles. The number of rotatable bonds is 4. The summed E-state index contributed by atoms with van der Waals surface area (Å²) < 4.78 is 0. The van der Waals surface area contributed by atoms with E-state index in [0.29, 0.717) is 20.6 Å². The van der Waals surface area contributed by atoms with Crippen LogP contribution in [0.15, 0.2) is 23.4 Å².